The first-order chi connectivity index (χ1) is 10.7. The van der Waals surface area contributed by atoms with Gasteiger partial charge in [0.25, 0.3) is 0 Å². The molecular formula is C18H22N2O2. The van der Waals surface area contributed by atoms with Crippen molar-refractivity contribution >= 4 is 16.7 Å². The zero-order chi connectivity index (χ0) is 15.6. The van der Waals surface area contributed by atoms with Crippen LogP contribution in [0.5, 0.6) is 0 Å². The Bertz CT molecular complexity index is 686. The number of carbonyl (C=O) groups is 1. The van der Waals surface area contributed by atoms with Crippen LogP contribution >= 0.6 is 0 Å². The Morgan fingerprint density at radius 2 is 2.05 bits per heavy atom. The summed E-state index contributed by atoms with van der Waals surface area (Å²) in [6.07, 6.45) is 1.74. The molecule has 1 aliphatic rings. The summed E-state index contributed by atoms with van der Waals surface area (Å²) < 4.78 is 5.29. The van der Waals surface area contributed by atoms with Gasteiger partial charge in [-0.05, 0) is 41.8 Å². The van der Waals surface area contributed by atoms with E-state index < -0.39 is 5.54 Å². The smallest absolute Gasteiger partial charge is 0.240 e. The van der Waals surface area contributed by atoms with Crippen LogP contribution in [0.1, 0.15) is 18.4 Å². The normalized spacial score (nSPS) is 22.2. The third kappa shape index (κ3) is 2.60. The molecule has 4 heteroatoms. The van der Waals surface area contributed by atoms with E-state index in [1.165, 1.54) is 16.3 Å². The Hall–Kier alpha value is -1.91. The van der Waals surface area contributed by atoms with Gasteiger partial charge in [0.05, 0.1) is 6.61 Å². The zero-order valence-corrected chi connectivity index (χ0v) is 12.9. The first kappa shape index (κ1) is 15.0. The molecule has 1 atom stereocenters. The molecule has 3 rings (SSSR count). The SMILES string of the molecule is COCC1(C(N)=O)CCCN1Cc1ccc2ccccc2c1. The van der Waals surface area contributed by atoms with Gasteiger partial charge in [-0.3, -0.25) is 9.69 Å². The van der Waals surface area contributed by atoms with Crippen molar-refractivity contribution in [3.8, 4) is 0 Å². The highest BCUT2D eigenvalue weighted by Gasteiger charge is 2.46. The lowest BCUT2D eigenvalue weighted by molar-refractivity contribution is -0.132. The Balaban J connectivity index is 1.87. The van der Waals surface area contributed by atoms with Crippen LogP contribution < -0.4 is 5.73 Å². The highest BCUT2D eigenvalue weighted by Crippen LogP contribution is 2.31. The Kier molecular flexibility index (Phi) is 4.14. The van der Waals surface area contributed by atoms with Gasteiger partial charge < -0.3 is 10.5 Å². The summed E-state index contributed by atoms with van der Waals surface area (Å²) >= 11 is 0. The average molecular weight is 298 g/mol. The van der Waals surface area contributed by atoms with Crippen molar-refractivity contribution in [2.24, 2.45) is 5.73 Å². The molecule has 0 spiro atoms. The number of primary amides is 1. The molecule has 0 bridgehead atoms. The molecule has 1 fully saturated rings. The number of ether oxygens (including phenoxy) is 1. The number of fused-ring (bicyclic) bond motifs is 1. The zero-order valence-electron chi connectivity index (χ0n) is 12.9. The molecule has 2 N–H and O–H groups in total. The lowest BCUT2D eigenvalue weighted by Crippen LogP contribution is -2.56. The molecule has 1 unspecified atom stereocenters. The molecule has 2 aromatic carbocycles. The number of amides is 1. The van der Waals surface area contributed by atoms with Crippen molar-refractivity contribution in [1.82, 2.24) is 4.90 Å². The van der Waals surface area contributed by atoms with E-state index in [0.29, 0.717) is 6.61 Å². The molecular weight excluding hydrogens is 276 g/mol. The second-order valence-corrected chi connectivity index (χ2v) is 6.04. The van der Waals surface area contributed by atoms with Crippen LogP contribution in [0.3, 0.4) is 0 Å². The highest BCUT2D eigenvalue weighted by molar-refractivity contribution is 5.85. The standard InChI is InChI=1S/C18H22N2O2/c1-22-13-18(17(19)21)9-4-10-20(18)12-14-7-8-15-5-2-3-6-16(15)11-14/h2-3,5-8,11H,4,9-10,12-13H2,1H3,(H2,19,21). The summed E-state index contributed by atoms with van der Waals surface area (Å²) in [5.41, 5.74) is 6.22. The number of hydrogen-bond donors (Lipinski definition) is 1. The number of carbonyl (C=O) groups excluding carboxylic acids is 1. The van der Waals surface area contributed by atoms with Gasteiger partial charge in [-0.2, -0.15) is 0 Å². The molecule has 1 saturated heterocycles. The predicted octanol–water partition coefficient (Wildman–Crippen LogP) is 2.31. The fraction of sp³-hybridized carbons (Fsp3) is 0.389. The molecule has 1 amide bonds. The van der Waals surface area contributed by atoms with Gasteiger partial charge in [-0.25, -0.2) is 0 Å². The fourth-order valence-electron chi connectivity index (χ4n) is 3.47. The fourth-order valence-corrected chi connectivity index (χ4v) is 3.47. The monoisotopic (exact) mass is 298 g/mol. The van der Waals surface area contributed by atoms with E-state index in [-0.39, 0.29) is 5.91 Å². The maximum atomic E-state index is 12.0. The minimum Gasteiger partial charge on any atom is -0.382 e. The van der Waals surface area contributed by atoms with Crippen molar-refractivity contribution in [3.63, 3.8) is 0 Å². The van der Waals surface area contributed by atoms with Gasteiger partial charge in [-0.1, -0.05) is 36.4 Å². The number of nitrogens with two attached hydrogens (primary N) is 1. The summed E-state index contributed by atoms with van der Waals surface area (Å²) in [5, 5.41) is 2.45. The van der Waals surface area contributed by atoms with Gasteiger partial charge >= 0.3 is 0 Å². The van der Waals surface area contributed by atoms with Crippen molar-refractivity contribution in [3.05, 3.63) is 48.0 Å². The molecule has 0 saturated carbocycles. The number of methoxy groups -OCH3 is 1. The molecule has 116 valence electrons. The van der Waals surface area contributed by atoms with Crippen LogP contribution in [-0.2, 0) is 16.1 Å². The summed E-state index contributed by atoms with van der Waals surface area (Å²) in [6.45, 7) is 1.95. The largest absolute Gasteiger partial charge is 0.382 e. The molecule has 1 aliphatic heterocycles. The van der Waals surface area contributed by atoms with Gasteiger partial charge in [-0.15, -0.1) is 0 Å². The second kappa shape index (κ2) is 6.07. The van der Waals surface area contributed by atoms with Crippen LogP contribution in [0.25, 0.3) is 10.8 Å². The molecule has 1 heterocycles. The van der Waals surface area contributed by atoms with Gasteiger partial charge in [0.1, 0.15) is 5.54 Å². The third-order valence-electron chi connectivity index (χ3n) is 4.65. The number of nitrogens with zero attached hydrogens (tertiary/aromatic N) is 1. The van der Waals surface area contributed by atoms with Crippen molar-refractivity contribution in [2.75, 3.05) is 20.3 Å². The molecule has 2 aromatic rings. The Labute approximate surface area is 130 Å². The minimum absolute atomic E-state index is 0.285. The highest BCUT2D eigenvalue weighted by atomic mass is 16.5. The van der Waals surface area contributed by atoms with E-state index >= 15 is 0 Å². The third-order valence-corrected chi connectivity index (χ3v) is 4.65. The van der Waals surface area contributed by atoms with E-state index in [4.69, 9.17) is 10.5 Å². The first-order valence-corrected chi connectivity index (χ1v) is 7.67. The number of hydrogen-bond acceptors (Lipinski definition) is 3. The summed E-state index contributed by atoms with van der Waals surface area (Å²) in [6, 6.07) is 14.7. The van der Waals surface area contributed by atoms with Gasteiger partial charge in [0.2, 0.25) is 5.91 Å². The quantitative estimate of drug-likeness (QED) is 0.921. The predicted molar refractivity (Wildman–Crippen MR) is 87.4 cm³/mol. The molecule has 4 nitrogen and oxygen atoms in total. The van der Waals surface area contributed by atoms with Crippen LogP contribution in [0, 0.1) is 0 Å². The van der Waals surface area contributed by atoms with Crippen LogP contribution in [-0.4, -0.2) is 36.6 Å². The van der Waals surface area contributed by atoms with E-state index in [2.05, 4.69) is 35.2 Å². The van der Waals surface area contributed by atoms with E-state index in [9.17, 15) is 4.79 Å². The Morgan fingerprint density at radius 1 is 1.27 bits per heavy atom. The lowest BCUT2D eigenvalue weighted by Gasteiger charge is -2.35. The second-order valence-electron chi connectivity index (χ2n) is 6.04. The van der Waals surface area contributed by atoms with Gasteiger partial charge in [0, 0.05) is 13.7 Å². The molecule has 0 aromatic heterocycles. The van der Waals surface area contributed by atoms with E-state index in [1.54, 1.807) is 7.11 Å². The van der Waals surface area contributed by atoms with Crippen LogP contribution in [0.15, 0.2) is 42.5 Å². The van der Waals surface area contributed by atoms with E-state index in [1.807, 2.05) is 12.1 Å². The molecule has 0 radical (unpaired) electrons. The maximum absolute atomic E-state index is 12.0. The number of benzene rings is 2. The summed E-state index contributed by atoms with van der Waals surface area (Å²) in [7, 11) is 1.62. The van der Waals surface area contributed by atoms with Crippen molar-refractivity contribution in [1.29, 1.82) is 0 Å². The molecule has 0 aliphatic carbocycles. The van der Waals surface area contributed by atoms with Crippen LogP contribution in [0.4, 0.5) is 0 Å². The topological polar surface area (TPSA) is 55.6 Å². The summed E-state index contributed by atoms with van der Waals surface area (Å²) in [5.74, 6) is -0.285. The van der Waals surface area contributed by atoms with Crippen molar-refractivity contribution < 1.29 is 9.53 Å². The van der Waals surface area contributed by atoms with Gasteiger partial charge in [0.15, 0.2) is 0 Å². The number of likely N-dealkylation sites (tertiary alicyclic amines) is 1. The lowest BCUT2D eigenvalue weighted by atomic mass is 9.95. The first-order valence-electron chi connectivity index (χ1n) is 7.67. The maximum Gasteiger partial charge on any atom is 0.240 e. The van der Waals surface area contributed by atoms with E-state index in [0.717, 1.165) is 25.9 Å². The van der Waals surface area contributed by atoms with Crippen LogP contribution in [0.2, 0.25) is 0 Å². The molecule has 22 heavy (non-hydrogen) atoms. The average Bonchev–Trinajstić information content (AvgIpc) is 2.91. The summed E-state index contributed by atoms with van der Waals surface area (Å²) in [4.78, 5) is 14.2. The minimum atomic E-state index is -0.666. The van der Waals surface area contributed by atoms with Crippen molar-refractivity contribution in [2.45, 2.75) is 24.9 Å². The number of rotatable bonds is 5. The Morgan fingerprint density at radius 3 is 2.77 bits per heavy atom.